The number of halogens is 1. The van der Waals surface area contributed by atoms with Gasteiger partial charge in [-0.1, -0.05) is 25.8 Å². The lowest BCUT2D eigenvalue weighted by Gasteiger charge is -2.12. The number of carbonyl (C=O) groups is 3. The Kier molecular flexibility index (Phi) is 10.7. The van der Waals surface area contributed by atoms with Crippen LogP contribution >= 0.6 is 0 Å². The highest BCUT2D eigenvalue weighted by Crippen LogP contribution is 2.29. The molecular formula is C33H33FO8. The van der Waals surface area contributed by atoms with E-state index in [9.17, 15) is 19.2 Å². The molecule has 0 fully saturated rings. The average molecular weight is 577 g/mol. The minimum atomic E-state index is -0.774. The van der Waals surface area contributed by atoms with E-state index < -0.39 is 29.4 Å². The second-order valence-corrected chi connectivity index (χ2v) is 9.97. The Morgan fingerprint density at radius 1 is 0.786 bits per heavy atom. The molecule has 42 heavy (non-hydrogen) atoms. The molecule has 0 radical (unpaired) electrons. The Morgan fingerprint density at radius 2 is 1.38 bits per heavy atom. The predicted molar refractivity (Wildman–Crippen MR) is 157 cm³/mol. The molecule has 0 amide bonds. The lowest BCUT2D eigenvalue weighted by Crippen LogP contribution is -2.09. The van der Waals surface area contributed by atoms with Crippen LogP contribution < -0.4 is 10.4 Å². The summed E-state index contributed by atoms with van der Waals surface area (Å²) in [6.45, 7) is 15.6. The zero-order valence-corrected chi connectivity index (χ0v) is 24.0. The maximum Gasteiger partial charge on any atom is 0.344 e. The van der Waals surface area contributed by atoms with Crippen molar-refractivity contribution in [2.75, 3.05) is 13.2 Å². The third-order valence-corrected chi connectivity index (χ3v) is 6.12. The largest absolute Gasteiger partial charge is 0.462 e. The van der Waals surface area contributed by atoms with Gasteiger partial charge in [0.25, 0.3) is 0 Å². The molecule has 1 heterocycles. The van der Waals surface area contributed by atoms with Crippen LogP contribution in [0.2, 0.25) is 0 Å². The summed E-state index contributed by atoms with van der Waals surface area (Å²) in [7, 11) is 0. The lowest BCUT2D eigenvalue weighted by molar-refractivity contribution is -0.139. The van der Waals surface area contributed by atoms with Crippen molar-refractivity contribution in [3.63, 3.8) is 0 Å². The summed E-state index contributed by atoms with van der Waals surface area (Å²) in [4.78, 5) is 48.2. The first-order valence-electron chi connectivity index (χ1n) is 13.3. The number of hydrogen-bond donors (Lipinski definition) is 0. The van der Waals surface area contributed by atoms with Crippen LogP contribution in [0.5, 0.6) is 5.75 Å². The molecule has 8 nitrogen and oxygen atoms in total. The van der Waals surface area contributed by atoms with Crippen molar-refractivity contribution in [2.45, 2.75) is 46.5 Å². The second kappa shape index (κ2) is 14.2. The maximum absolute atomic E-state index is 15.1. The van der Waals surface area contributed by atoms with Gasteiger partial charge in [-0.3, -0.25) is 0 Å². The number of hydrogen-bond acceptors (Lipinski definition) is 8. The van der Waals surface area contributed by atoms with E-state index in [0.717, 1.165) is 11.6 Å². The summed E-state index contributed by atoms with van der Waals surface area (Å²) in [6.07, 6.45) is 1.96. The van der Waals surface area contributed by atoms with Gasteiger partial charge in [0.05, 0.1) is 18.8 Å². The summed E-state index contributed by atoms with van der Waals surface area (Å²) in [5, 5.41) is 0.562. The summed E-state index contributed by atoms with van der Waals surface area (Å²) in [6, 6.07) is 8.99. The first kappa shape index (κ1) is 31.7. The highest BCUT2D eigenvalue weighted by Gasteiger charge is 2.17. The maximum atomic E-state index is 15.1. The molecular weight excluding hydrogens is 543 g/mol. The smallest absolute Gasteiger partial charge is 0.344 e. The highest BCUT2D eigenvalue weighted by molar-refractivity contribution is 5.89. The molecule has 0 unspecified atom stereocenters. The Morgan fingerprint density at radius 3 is 1.95 bits per heavy atom. The molecule has 9 heteroatoms. The van der Waals surface area contributed by atoms with E-state index in [1.165, 1.54) is 19.1 Å². The van der Waals surface area contributed by atoms with Gasteiger partial charge < -0.3 is 18.6 Å². The molecule has 2 aromatic carbocycles. The standard InChI is InChI=1S/C33H33FO8/c1-19(2)30(35)39-13-7-9-22-15-23(10-8-14-40-31(36)20(3)4)29-24(16-22)17-27(33(38)42-29)26-12-11-25(18-28(26)34)41-32(37)21(5)6/h11-12,15-18H,1,3,5,7-10,13-14H2,2,4,6H3. The fourth-order valence-corrected chi connectivity index (χ4v) is 3.98. The van der Waals surface area contributed by atoms with E-state index in [1.54, 1.807) is 19.9 Å². The van der Waals surface area contributed by atoms with Crippen LogP contribution in [0.3, 0.4) is 0 Å². The van der Waals surface area contributed by atoms with Crippen LogP contribution in [0.25, 0.3) is 22.1 Å². The first-order chi connectivity index (χ1) is 19.9. The predicted octanol–water partition coefficient (Wildman–Crippen LogP) is 6.18. The minimum absolute atomic E-state index is 0.00773. The number of aryl methyl sites for hydroxylation is 2. The average Bonchev–Trinajstić information content (AvgIpc) is 2.93. The molecule has 0 saturated carbocycles. The number of carbonyl (C=O) groups excluding carboxylic acids is 3. The molecule has 3 rings (SSSR count). The fraction of sp³-hybridized carbons (Fsp3) is 0.273. The van der Waals surface area contributed by atoms with Crippen molar-refractivity contribution in [2.24, 2.45) is 0 Å². The number of ether oxygens (including phenoxy) is 3. The van der Waals surface area contributed by atoms with E-state index in [1.807, 2.05) is 12.1 Å². The quantitative estimate of drug-likeness (QED) is 0.0780. The van der Waals surface area contributed by atoms with Crippen LogP contribution in [0, 0.1) is 5.82 Å². The molecule has 0 N–H and O–H groups in total. The number of benzene rings is 2. The summed E-state index contributed by atoms with van der Waals surface area (Å²) >= 11 is 0. The van der Waals surface area contributed by atoms with Gasteiger partial charge in [-0.15, -0.1) is 0 Å². The van der Waals surface area contributed by atoms with Crippen molar-refractivity contribution in [3.8, 4) is 16.9 Å². The van der Waals surface area contributed by atoms with Gasteiger partial charge in [0, 0.05) is 33.7 Å². The van der Waals surface area contributed by atoms with Crippen molar-refractivity contribution in [1.82, 2.24) is 0 Å². The Bertz CT molecular complexity index is 1630. The topological polar surface area (TPSA) is 109 Å². The van der Waals surface area contributed by atoms with Gasteiger partial charge >= 0.3 is 23.5 Å². The molecule has 3 aromatic rings. The van der Waals surface area contributed by atoms with Crippen LogP contribution in [-0.4, -0.2) is 31.1 Å². The van der Waals surface area contributed by atoms with Crippen molar-refractivity contribution >= 4 is 28.9 Å². The lowest BCUT2D eigenvalue weighted by atomic mass is 9.98. The van der Waals surface area contributed by atoms with Gasteiger partial charge in [-0.2, -0.15) is 0 Å². The Balaban J connectivity index is 1.94. The van der Waals surface area contributed by atoms with E-state index in [-0.39, 0.29) is 35.7 Å². The second-order valence-electron chi connectivity index (χ2n) is 9.97. The van der Waals surface area contributed by atoms with Crippen molar-refractivity contribution in [1.29, 1.82) is 0 Å². The fourth-order valence-electron chi connectivity index (χ4n) is 3.98. The Hall–Kier alpha value is -4.79. The van der Waals surface area contributed by atoms with E-state index >= 15 is 4.39 Å². The van der Waals surface area contributed by atoms with Crippen LogP contribution in [0.1, 0.15) is 44.7 Å². The van der Waals surface area contributed by atoms with Crippen LogP contribution in [0.15, 0.2) is 82.1 Å². The summed E-state index contributed by atoms with van der Waals surface area (Å²) < 4.78 is 36.2. The van der Waals surface area contributed by atoms with Gasteiger partial charge in [-0.05, 0) is 81.8 Å². The van der Waals surface area contributed by atoms with Crippen LogP contribution in [-0.2, 0) is 36.7 Å². The van der Waals surface area contributed by atoms with Gasteiger partial charge in [0.2, 0.25) is 0 Å². The SMILES string of the molecule is C=C(C)C(=O)OCCCc1cc(CCCOC(=O)C(=C)C)c2oc(=O)c(-c3ccc(OC(=O)C(=C)C)cc3F)cc2c1. The zero-order chi connectivity index (χ0) is 31.0. The first-order valence-corrected chi connectivity index (χ1v) is 13.3. The van der Waals surface area contributed by atoms with Crippen molar-refractivity contribution in [3.05, 3.63) is 100 Å². The summed E-state index contributed by atoms with van der Waals surface area (Å²) in [5.41, 5.74) is 1.91. The molecule has 0 aliphatic rings. The number of esters is 3. The third kappa shape index (κ3) is 8.36. The number of fused-ring (bicyclic) bond motifs is 1. The monoisotopic (exact) mass is 576 g/mol. The number of rotatable bonds is 13. The Labute approximate surface area is 243 Å². The van der Waals surface area contributed by atoms with Gasteiger partial charge in [0.15, 0.2) is 0 Å². The van der Waals surface area contributed by atoms with Crippen molar-refractivity contribution < 1.29 is 37.4 Å². The normalized spacial score (nSPS) is 10.7. The minimum Gasteiger partial charge on any atom is -0.462 e. The van der Waals surface area contributed by atoms with Crippen LogP contribution in [0.4, 0.5) is 4.39 Å². The third-order valence-electron chi connectivity index (χ3n) is 6.12. The molecule has 0 atom stereocenters. The molecule has 0 saturated heterocycles. The molecule has 0 bridgehead atoms. The molecule has 220 valence electrons. The summed E-state index contributed by atoms with van der Waals surface area (Å²) in [5.74, 6) is -2.46. The molecule has 0 aliphatic heterocycles. The van der Waals surface area contributed by atoms with Gasteiger partial charge in [-0.25, -0.2) is 23.6 Å². The zero-order valence-electron chi connectivity index (χ0n) is 24.0. The van der Waals surface area contributed by atoms with Gasteiger partial charge in [0.1, 0.15) is 17.1 Å². The van der Waals surface area contributed by atoms with E-state index in [4.69, 9.17) is 18.6 Å². The molecule has 1 aromatic heterocycles. The molecule has 0 aliphatic carbocycles. The molecule has 0 spiro atoms. The van der Waals surface area contributed by atoms with E-state index in [2.05, 4.69) is 19.7 Å². The highest BCUT2D eigenvalue weighted by atomic mass is 19.1. The van der Waals surface area contributed by atoms with E-state index in [0.29, 0.717) is 53.4 Å².